The zero-order valence-electron chi connectivity index (χ0n) is 18.4. The Hall–Kier alpha value is -4.07. The van der Waals surface area contributed by atoms with E-state index in [0.29, 0.717) is 23.7 Å². The van der Waals surface area contributed by atoms with Gasteiger partial charge in [-0.05, 0) is 48.9 Å². The molecule has 8 nitrogen and oxygen atoms in total. The smallest absolute Gasteiger partial charge is 0.344 e. The summed E-state index contributed by atoms with van der Waals surface area (Å²) in [4.78, 5) is 25.0. The molecule has 1 atom stereocenters. The molecule has 1 aliphatic rings. The summed E-state index contributed by atoms with van der Waals surface area (Å²) in [6.07, 6.45) is 2.05. The first-order chi connectivity index (χ1) is 16.0. The van der Waals surface area contributed by atoms with Crippen molar-refractivity contribution in [2.45, 2.75) is 19.4 Å². The number of aryl methyl sites for hydroxylation is 1. The zero-order valence-corrected chi connectivity index (χ0v) is 18.4. The predicted octanol–water partition coefficient (Wildman–Crippen LogP) is 3.90. The molecule has 0 saturated carbocycles. The molecule has 0 aliphatic carbocycles. The van der Waals surface area contributed by atoms with Crippen LogP contribution in [0.15, 0.2) is 76.4 Å². The second kappa shape index (κ2) is 10.0. The van der Waals surface area contributed by atoms with E-state index in [2.05, 4.69) is 5.10 Å². The number of hydrazone groups is 1. The van der Waals surface area contributed by atoms with Gasteiger partial charge < -0.3 is 18.6 Å². The summed E-state index contributed by atoms with van der Waals surface area (Å²) in [5.74, 6) is 0.678. The van der Waals surface area contributed by atoms with Gasteiger partial charge in [0.25, 0.3) is 5.91 Å². The highest BCUT2D eigenvalue weighted by molar-refractivity contribution is 6.03. The molecule has 0 radical (unpaired) electrons. The second-order valence-electron chi connectivity index (χ2n) is 7.51. The van der Waals surface area contributed by atoms with Gasteiger partial charge in [0.15, 0.2) is 13.2 Å². The van der Waals surface area contributed by atoms with Gasteiger partial charge in [0.05, 0.1) is 19.1 Å². The highest BCUT2D eigenvalue weighted by atomic mass is 16.6. The maximum absolute atomic E-state index is 12.9. The summed E-state index contributed by atoms with van der Waals surface area (Å²) >= 11 is 0. The fourth-order valence-electron chi connectivity index (χ4n) is 3.43. The largest absolute Gasteiger partial charge is 0.497 e. The summed E-state index contributed by atoms with van der Waals surface area (Å²) in [5.41, 5.74) is 2.83. The lowest BCUT2D eigenvalue weighted by Gasteiger charge is -2.19. The Morgan fingerprint density at radius 3 is 2.42 bits per heavy atom. The SMILES string of the molecule is COc1ccc(OCC(=O)OCC(=O)N2N=C(c3ccc(C)cc3)CC2c2ccco2)cc1. The third-order valence-electron chi connectivity index (χ3n) is 5.20. The monoisotopic (exact) mass is 448 g/mol. The van der Waals surface area contributed by atoms with Crippen LogP contribution >= 0.6 is 0 Å². The van der Waals surface area contributed by atoms with E-state index >= 15 is 0 Å². The van der Waals surface area contributed by atoms with E-state index in [-0.39, 0.29) is 6.61 Å². The van der Waals surface area contributed by atoms with E-state index in [0.717, 1.165) is 16.8 Å². The van der Waals surface area contributed by atoms with Crippen LogP contribution in [0.3, 0.4) is 0 Å². The average molecular weight is 448 g/mol. The van der Waals surface area contributed by atoms with Crippen LogP contribution in [-0.2, 0) is 14.3 Å². The highest BCUT2D eigenvalue weighted by Crippen LogP contribution is 2.33. The Morgan fingerprint density at radius 1 is 1.03 bits per heavy atom. The van der Waals surface area contributed by atoms with Crippen LogP contribution in [0.2, 0.25) is 0 Å². The third kappa shape index (κ3) is 5.41. The van der Waals surface area contributed by atoms with E-state index in [9.17, 15) is 9.59 Å². The number of amides is 1. The van der Waals surface area contributed by atoms with Crippen LogP contribution in [0.5, 0.6) is 11.5 Å². The number of nitrogens with zero attached hydrogens (tertiary/aromatic N) is 2. The number of furan rings is 1. The third-order valence-corrected chi connectivity index (χ3v) is 5.20. The maximum Gasteiger partial charge on any atom is 0.344 e. The molecule has 1 aliphatic heterocycles. The number of benzene rings is 2. The first-order valence-corrected chi connectivity index (χ1v) is 10.5. The number of carbonyl (C=O) groups excluding carboxylic acids is 2. The standard InChI is InChI=1S/C25H24N2O6/c1-17-5-7-18(8-6-17)21-14-22(23-4-3-13-31-23)27(26-21)24(28)15-33-25(29)16-32-20-11-9-19(30-2)10-12-20/h3-13,22H,14-16H2,1-2H3. The van der Waals surface area contributed by atoms with Gasteiger partial charge in [-0.1, -0.05) is 29.8 Å². The number of hydrogen-bond donors (Lipinski definition) is 0. The van der Waals surface area contributed by atoms with Gasteiger partial charge in [-0.25, -0.2) is 9.80 Å². The lowest BCUT2D eigenvalue weighted by molar-refractivity contribution is -0.154. The van der Waals surface area contributed by atoms with E-state index in [1.54, 1.807) is 49.8 Å². The van der Waals surface area contributed by atoms with Crippen LogP contribution in [0, 0.1) is 6.92 Å². The second-order valence-corrected chi connectivity index (χ2v) is 7.51. The quantitative estimate of drug-likeness (QED) is 0.486. The van der Waals surface area contributed by atoms with Crippen LogP contribution in [0.4, 0.5) is 0 Å². The summed E-state index contributed by atoms with van der Waals surface area (Å²) in [7, 11) is 1.56. The molecule has 0 saturated heterocycles. The van der Waals surface area contributed by atoms with Crippen molar-refractivity contribution >= 4 is 17.6 Å². The molecule has 0 fully saturated rings. The number of ether oxygens (including phenoxy) is 3. The van der Waals surface area contributed by atoms with Gasteiger partial charge in [0.1, 0.15) is 23.3 Å². The van der Waals surface area contributed by atoms with E-state index in [4.69, 9.17) is 18.6 Å². The fourth-order valence-corrected chi connectivity index (χ4v) is 3.43. The Balaban J connectivity index is 1.37. The first-order valence-electron chi connectivity index (χ1n) is 10.5. The van der Waals surface area contributed by atoms with E-state index in [1.165, 1.54) is 5.01 Å². The fraction of sp³-hybridized carbons (Fsp3) is 0.240. The molecule has 33 heavy (non-hydrogen) atoms. The maximum atomic E-state index is 12.9. The van der Waals surface area contributed by atoms with Gasteiger partial charge in [-0.15, -0.1) is 0 Å². The van der Waals surface area contributed by atoms with E-state index < -0.39 is 24.5 Å². The highest BCUT2D eigenvalue weighted by Gasteiger charge is 2.35. The summed E-state index contributed by atoms with van der Waals surface area (Å²) in [6.45, 7) is 1.24. The molecule has 2 heterocycles. The number of rotatable bonds is 8. The number of methoxy groups -OCH3 is 1. The van der Waals surface area contributed by atoms with Gasteiger partial charge in [-0.2, -0.15) is 5.10 Å². The Morgan fingerprint density at radius 2 is 1.76 bits per heavy atom. The van der Waals surface area contributed by atoms with Crippen LogP contribution in [0.1, 0.15) is 29.3 Å². The molecular weight excluding hydrogens is 424 g/mol. The van der Waals surface area contributed by atoms with Crippen molar-refractivity contribution < 1.29 is 28.2 Å². The molecule has 2 aromatic carbocycles. The molecular formula is C25H24N2O6. The molecule has 0 spiro atoms. The van der Waals surface area contributed by atoms with Crippen LogP contribution in [0.25, 0.3) is 0 Å². The molecule has 1 amide bonds. The van der Waals surface area contributed by atoms with Gasteiger partial charge in [0, 0.05) is 6.42 Å². The van der Waals surface area contributed by atoms with Crippen molar-refractivity contribution in [1.29, 1.82) is 0 Å². The molecule has 8 heteroatoms. The number of hydrogen-bond acceptors (Lipinski definition) is 7. The number of esters is 1. The predicted molar refractivity (Wildman–Crippen MR) is 120 cm³/mol. The molecule has 1 unspecified atom stereocenters. The molecule has 3 aromatic rings. The minimum absolute atomic E-state index is 0.320. The van der Waals surface area contributed by atoms with E-state index in [1.807, 2.05) is 31.2 Å². The Kier molecular flexibility index (Phi) is 6.73. The van der Waals surface area contributed by atoms with Crippen molar-refractivity contribution in [3.8, 4) is 11.5 Å². The van der Waals surface area contributed by atoms with Crippen molar-refractivity contribution in [2.75, 3.05) is 20.3 Å². The summed E-state index contributed by atoms with van der Waals surface area (Å²) < 4.78 is 21.1. The Bertz CT molecular complexity index is 1120. The van der Waals surface area contributed by atoms with Gasteiger partial charge in [-0.3, -0.25) is 4.79 Å². The van der Waals surface area contributed by atoms with Crippen molar-refractivity contribution in [1.82, 2.24) is 5.01 Å². The lowest BCUT2D eigenvalue weighted by Crippen LogP contribution is -2.32. The average Bonchev–Trinajstić information content (AvgIpc) is 3.52. The van der Waals surface area contributed by atoms with Crippen molar-refractivity contribution in [3.63, 3.8) is 0 Å². The lowest BCUT2D eigenvalue weighted by atomic mass is 10.0. The zero-order chi connectivity index (χ0) is 23.2. The molecule has 0 N–H and O–H groups in total. The minimum atomic E-state index is -0.657. The molecule has 0 bridgehead atoms. The normalized spacial score (nSPS) is 15.2. The van der Waals surface area contributed by atoms with Crippen molar-refractivity contribution in [3.05, 3.63) is 83.8 Å². The summed E-state index contributed by atoms with van der Waals surface area (Å²) in [5, 5.41) is 5.84. The van der Waals surface area contributed by atoms with Crippen molar-refractivity contribution in [2.24, 2.45) is 5.10 Å². The van der Waals surface area contributed by atoms with Crippen LogP contribution in [-0.4, -0.2) is 42.9 Å². The molecule has 1 aromatic heterocycles. The number of carbonyl (C=O) groups is 2. The summed E-state index contributed by atoms with van der Waals surface area (Å²) in [6, 6.07) is 17.9. The molecule has 170 valence electrons. The van der Waals surface area contributed by atoms with Crippen LogP contribution < -0.4 is 9.47 Å². The first kappa shape index (κ1) is 22.1. The topological polar surface area (TPSA) is 90.6 Å². The Labute approximate surface area is 191 Å². The minimum Gasteiger partial charge on any atom is -0.497 e. The molecule has 4 rings (SSSR count). The van der Waals surface area contributed by atoms with Gasteiger partial charge >= 0.3 is 5.97 Å². The van der Waals surface area contributed by atoms with Gasteiger partial charge in [0.2, 0.25) is 0 Å².